The standard InChI is InChI=1S/C13H12INO2/c14-13-6-5-9(17-13)7-15-11-8-16-12-4-2-1-3-10(11)12/h1-6,11,15H,7-8H2. The number of benzene rings is 1. The Bertz CT molecular complexity index is 524. The van der Waals surface area contributed by atoms with Gasteiger partial charge in [0.2, 0.25) is 0 Å². The third-order valence-corrected chi connectivity index (χ3v) is 3.43. The fourth-order valence-corrected chi connectivity index (χ4v) is 2.46. The molecule has 1 aliphatic heterocycles. The summed E-state index contributed by atoms with van der Waals surface area (Å²) in [6.45, 7) is 1.42. The quantitative estimate of drug-likeness (QED) is 0.872. The summed E-state index contributed by atoms with van der Waals surface area (Å²) in [5.74, 6) is 1.94. The van der Waals surface area contributed by atoms with Crippen molar-refractivity contribution in [1.29, 1.82) is 0 Å². The minimum atomic E-state index is 0.258. The van der Waals surface area contributed by atoms with E-state index in [2.05, 4.69) is 34.0 Å². The predicted octanol–water partition coefficient (Wildman–Crippen LogP) is 3.11. The first-order chi connectivity index (χ1) is 8.33. The second-order valence-electron chi connectivity index (χ2n) is 3.99. The smallest absolute Gasteiger partial charge is 0.164 e. The lowest BCUT2D eigenvalue weighted by molar-refractivity contribution is 0.305. The Morgan fingerprint density at radius 1 is 1.24 bits per heavy atom. The van der Waals surface area contributed by atoms with Crippen molar-refractivity contribution in [2.45, 2.75) is 12.6 Å². The Kier molecular flexibility index (Phi) is 3.07. The van der Waals surface area contributed by atoms with Gasteiger partial charge in [0.1, 0.15) is 18.1 Å². The fourth-order valence-electron chi connectivity index (χ4n) is 2.00. The van der Waals surface area contributed by atoms with E-state index in [4.69, 9.17) is 9.15 Å². The molecule has 0 saturated heterocycles. The molecule has 0 radical (unpaired) electrons. The highest BCUT2D eigenvalue weighted by Crippen LogP contribution is 2.31. The summed E-state index contributed by atoms with van der Waals surface area (Å²) in [6, 6.07) is 12.4. The second kappa shape index (κ2) is 4.70. The average molecular weight is 341 g/mol. The van der Waals surface area contributed by atoms with Crippen LogP contribution in [-0.2, 0) is 6.54 Å². The summed E-state index contributed by atoms with van der Waals surface area (Å²) < 4.78 is 12.0. The summed E-state index contributed by atoms with van der Waals surface area (Å²) in [6.07, 6.45) is 0. The van der Waals surface area contributed by atoms with Crippen LogP contribution in [0, 0.1) is 3.77 Å². The molecule has 0 amide bonds. The maximum absolute atomic E-state index is 5.61. The van der Waals surface area contributed by atoms with Crippen LogP contribution in [0.5, 0.6) is 5.75 Å². The van der Waals surface area contributed by atoms with E-state index < -0.39 is 0 Å². The van der Waals surface area contributed by atoms with Gasteiger partial charge in [0, 0.05) is 5.56 Å². The van der Waals surface area contributed by atoms with Crippen LogP contribution in [0.4, 0.5) is 0 Å². The molecule has 4 heteroatoms. The van der Waals surface area contributed by atoms with E-state index in [-0.39, 0.29) is 6.04 Å². The molecule has 0 bridgehead atoms. The number of ether oxygens (including phenoxy) is 1. The highest BCUT2D eigenvalue weighted by molar-refractivity contribution is 14.1. The molecule has 1 atom stereocenters. The summed E-state index contributed by atoms with van der Waals surface area (Å²) >= 11 is 2.17. The van der Waals surface area contributed by atoms with E-state index in [1.165, 1.54) is 5.56 Å². The predicted molar refractivity (Wildman–Crippen MR) is 72.9 cm³/mol. The zero-order chi connectivity index (χ0) is 11.7. The van der Waals surface area contributed by atoms with Gasteiger partial charge in [-0.25, -0.2) is 0 Å². The molecule has 1 aromatic heterocycles. The third kappa shape index (κ3) is 2.32. The van der Waals surface area contributed by atoms with Crippen molar-refractivity contribution in [3.05, 3.63) is 51.5 Å². The molecule has 0 spiro atoms. The molecule has 3 rings (SSSR count). The van der Waals surface area contributed by atoms with Gasteiger partial charge >= 0.3 is 0 Å². The molecule has 1 N–H and O–H groups in total. The van der Waals surface area contributed by atoms with Gasteiger partial charge < -0.3 is 9.15 Å². The van der Waals surface area contributed by atoms with Crippen molar-refractivity contribution >= 4 is 22.6 Å². The van der Waals surface area contributed by atoms with Crippen LogP contribution in [0.1, 0.15) is 17.4 Å². The zero-order valence-corrected chi connectivity index (χ0v) is 11.3. The van der Waals surface area contributed by atoms with Gasteiger partial charge in [-0.1, -0.05) is 18.2 Å². The monoisotopic (exact) mass is 341 g/mol. The topological polar surface area (TPSA) is 34.4 Å². The van der Waals surface area contributed by atoms with Crippen LogP contribution in [0.15, 0.2) is 40.8 Å². The average Bonchev–Trinajstić information content (AvgIpc) is 2.93. The number of para-hydroxylation sites is 1. The maximum atomic E-state index is 5.61. The number of halogens is 1. The van der Waals surface area contributed by atoms with E-state index in [1.807, 2.05) is 30.3 Å². The Labute approximate surface area is 113 Å². The van der Waals surface area contributed by atoms with Crippen molar-refractivity contribution < 1.29 is 9.15 Å². The lowest BCUT2D eigenvalue weighted by atomic mass is 10.1. The van der Waals surface area contributed by atoms with Gasteiger partial charge in [-0.05, 0) is 40.8 Å². The normalized spacial score (nSPS) is 17.8. The van der Waals surface area contributed by atoms with Crippen molar-refractivity contribution in [1.82, 2.24) is 5.32 Å². The fraction of sp³-hybridized carbons (Fsp3) is 0.231. The van der Waals surface area contributed by atoms with Crippen LogP contribution < -0.4 is 10.1 Å². The second-order valence-corrected chi connectivity index (χ2v) is 5.05. The van der Waals surface area contributed by atoms with Crippen LogP contribution in [0.25, 0.3) is 0 Å². The Balaban J connectivity index is 1.68. The summed E-state index contributed by atoms with van der Waals surface area (Å²) in [7, 11) is 0. The van der Waals surface area contributed by atoms with E-state index in [1.54, 1.807) is 0 Å². The molecule has 0 saturated carbocycles. The molecule has 1 unspecified atom stereocenters. The van der Waals surface area contributed by atoms with Gasteiger partial charge in [-0.3, -0.25) is 5.32 Å². The summed E-state index contributed by atoms with van der Waals surface area (Å²) in [4.78, 5) is 0. The van der Waals surface area contributed by atoms with E-state index >= 15 is 0 Å². The Morgan fingerprint density at radius 2 is 2.12 bits per heavy atom. The van der Waals surface area contributed by atoms with Gasteiger partial charge in [0.25, 0.3) is 0 Å². The lowest BCUT2D eigenvalue weighted by Gasteiger charge is -2.09. The van der Waals surface area contributed by atoms with Crippen LogP contribution >= 0.6 is 22.6 Å². The molecule has 88 valence electrons. The van der Waals surface area contributed by atoms with Gasteiger partial charge in [-0.15, -0.1) is 0 Å². The van der Waals surface area contributed by atoms with E-state index in [9.17, 15) is 0 Å². The maximum Gasteiger partial charge on any atom is 0.164 e. The van der Waals surface area contributed by atoms with Crippen LogP contribution in [0.2, 0.25) is 0 Å². The molecule has 2 aromatic rings. The molecular formula is C13H12INO2. The van der Waals surface area contributed by atoms with E-state index in [0.29, 0.717) is 6.61 Å². The van der Waals surface area contributed by atoms with Crippen LogP contribution in [-0.4, -0.2) is 6.61 Å². The zero-order valence-electron chi connectivity index (χ0n) is 9.15. The lowest BCUT2D eigenvalue weighted by Crippen LogP contribution is -2.21. The molecule has 2 heterocycles. The van der Waals surface area contributed by atoms with Crippen molar-refractivity contribution in [2.75, 3.05) is 6.61 Å². The SMILES string of the molecule is Ic1ccc(CNC2COc3ccccc32)o1. The summed E-state index contributed by atoms with van der Waals surface area (Å²) in [5.41, 5.74) is 1.23. The van der Waals surface area contributed by atoms with Crippen molar-refractivity contribution in [3.63, 3.8) is 0 Å². The number of hydrogen-bond acceptors (Lipinski definition) is 3. The minimum Gasteiger partial charge on any atom is -0.491 e. The highest BCUT2D eigenvalue weighted by atomic mass is 127. The highest BCUT2D eigenvalue weighted by Gasteiger charge is 2.22. The largest absolute Gasteiger partial charge is 0.491 e. The van der Waals surface area contributed by atoms with Gasteiger partial charge in [-0.2, -0.15) is 0 Å². The molecule has 0 fully saturated rings. The van der Waals surface area contributed by atoms with Crippen molar-refractivity contribution in [2.24, 2.45) is 0 Å². The number of hydrogen-bond donors (Lipinski definition) is 1. The van der Waals surface area contributed by atoms with Gasteiger partial charge in [0.05, 0.1) is 12.6 Å². The first-order valence-electron chi connectivity index (χ1n) is 5.52. The number of furan rings is 1. The number of fused-ring (bicyclic) bond motifs is 1. The molecule has 17 heavy (non-hydrogen) atoms. The van der Waals surface area contributed by atoms with Crippen LogP contribution in [0.3, 0.4) is 0 Å². The van der Waals surface area contributed by atoms with E-state index in [0.717, 1.165) is 21.8 Å². The first kappa shape index (κ1) is 11.1. The molecule has 0 aliphatic carbocycles. The summed E-state index contributed by atoms with van der Waals surface area (Å²) in [5, 5.41) is 3.45. The van der Waals surface area contributed by atoms with Gasteiger partial charge in [0.15, 0.2) is 3.77 Å². The molecule has 3 nitrogen and oxygen atoms in total. The Morgan fingerprint density at radius 3 is 2.94 bits per heavy atom. The molecular weight excluding hydrogens is 329 g/mol. The molecule has 1 aromatic carbocycles. The third-order valence-electron chi connectivity index (χ3n) is 2.85. The Hall–Kier alpha value is -1.01. The first-order valence-corrected chi connectivity index (χ1v) is 6.60. The number of rotatable bonds is 3. The minimum absolute atomic E-state index is 0.258. The number of nitrogens with one attached hydrogen (secondary N) is 1. The molecule has 1 aliphatic rings. The van der Waals surface area contributed by atoms with Crippen molar-refractivity contribution in [3.8, 4) is 5.75 Å².